The summed E-state index contributed by atoms with van der Waals surface area (Å²) in [6.45, 7) is 7.23. The van der Waals surface area contributed by atoms with Crippen molar-refractivity contribution in [2.75, 3.05) is 26.8 Å². The highest BCUT2D eigenvalue weighted by atomic mass is 16.5. The van der Waals surface area contributed by atoms with Crippen molar-refractivity contribution in [2.24, 2.45) is 5.73 Å². The molecule has 0 aliphatic heterocycles. The summed E-state index contributed by atoms with van der Waals surface area (Å²) in [4.78, 5) is 2.68. The Hall–Kier alpha value is -0.120. The molecule has 18 heavy (non-hydrogen) atoms. The van der Waals surface area contributed by atoms with E-state index in [1.165, 1.54) is 44.9 Å². The lowest BCUT2D eigenvalue weighted by atomic mass is 9.79. The fourth-order valence-corrected chi connectivity index (χ4v) is 3.54. The summed E-state index contributed by atoms with van der Waals surface area (Å²) in [5.74, 6) is 0. The summed E-state index contributed by atoms with van der Waals surface area (Å²) in [7, 11) is 1.79. The van der Waals surface area contributed by atoms with Crippen LogP contribution in [0, 0.1) is 0 Å². The Morgan fingerprint density at radius 1 is 1.17 bits per heavy atom. The second-order valence-electron chi connectivity index (χ2n) is 5.65. The monoisotopic (exact) mass is 256 g/mol. The van der Waals surface area contributed by atoms with Gasteiger partial charge in [0.1, 0.15) is 0 Å². The number of hydrogen-bond acceptors (Lipinski definition) is 3. The van der Waals surface area contributed by atoms with E-state index in [0.717, 1.165) is 19.7 Å². The van der Waals surface area contributed by atoms with Crippen LogP contribution in [0.4, 0.5) is 0 Å². The Labute approximate surface area is 113 Å². The molecular formula is C15H32N2O. The van der Waals surface area contributed by atoms with Crippen LogP contribution in [0.3, 0.4) is 0 Å². The minimum absolute atomic E-state index is 0.244. The molecule has 0 aromatic carbocycles. The third-order valence-electron chi connectivity index (χ3n) is 4.69. The Balaban J connectivity index is 2.82. The summed E-state index contributed by atoms with van der Waals surface area (Å²) < 4.78 is 5.31. The van der Waals surface area contributed by atoms with Crippen LogP contribution in [-0.4, -0.2) is 43.3 Å². The van der Waals surface area contributed by atoms with Crippen LogP contribution in [-0.2, 0) is 4.74 Å². The average Bonchev–Trinajstić information content (AvgIpc) is 2.44. The molecule has 0 amide bonds. The van der Waals surface area contributed by atoms with Gasteiger partial charge in [-0.15, -0.1) is 0 Å². The number of nitrogens with two attached hydrogens (primary N) is 1. The van der Waals surface area contributed by atoms with Crippen LogP contribution in [0.15, 0.2) is 0 Å². The number of ether oxygens (including phenoxy) is 1. The van der Waals surface area contributed by atoms with Gasteiger partial charge in [-0.05, 0) is 25.7 Å². The van der Waals surface area contributed by atoms with Gasteiger partial charge >= 0.3 is 0 Å². The first kappa shape index (κ1) is 15.9. The van der Waals surface area contributed by atoms with E-state index in [9.17, 15) is 0 Å². The lowest BCUT2D eigenvalue weighted by Crippen LogP contribution is -2.59. The Bertz CT molecular complexity index is 211. The van der Waals surface area contributed by atoms with Gasteiger partial charge in [0.15, 0.2) is 0 Å². The largest absolute Gasteiger partial charge is 0.383 e. The molecule has 108 valence electrons. The molecule has 0 saturated heterocycles. The van der Waals surface area contributed by atoms with Crippen molar-refractivity contribution in [3.63, 3.8) is 0 Å². The van der Waals surface area contributed by atoms with Crippen molar-refractivity contribution in [1.82, 2.24) is 4.90 Å². The summed E-state index contributed by atoms with van der Waals surface area (Å²) in [5, 5.41) is 0. The molecule has 1 aliphatic rings. The van der Waals surface area contributed by atoms with Gasteiger partial charge in [0.2, 0.25) is 0 Å². The number of rotatable bonds is 8. The molecule has 0 aromatic heterocycles. The molecule has 0 bridgehead atoms. The topological polar surface area (TPSA) is 38.5 Å². The Morgan fingerprint density at radius 2 is 1.78 bits per heavy atom. The van der Waals surface area contributed by atoms with E-state index in [1.807, 2.05) is 0 Å². The van der Waals surface area contributed by atoms with E-state index >= 15 is 0 Å². The van der Waals surface area contributed by atoms with Crippen molar-refractivity contribution in [3.05, 3.63) is 0 Å². The SMILES string of the molecule is CCC(CC)N(CCOC)C1(CN)CCCCC1. The van der Waals surface area contributed by atoms with E-state index < -0.39 is 0 Å². The summed E-state index contributed by atoms with van der Waals surface area (Å²) in [6.07, 6.45) is 9.00. The third kappa shape index (κ3) is 3.69. The van der Waals surface area contributed by atoms with E-state index in [0.29, 0.717) is 6.04 Å². The molecule has 0 aromatic rings. The van der Waals surface area contributed by atoms with Gasteiger partial charge in [-0.2, -0.15) is 0 Å². The van der Waals surface area contributed by atoms with Gasteiger partial charge < -0.3 is 10.5 Å². The van der Waals surface area contributed by atoms with E-state index in [1.54, 1.807) is 7.11 Å². The van der Waals surface area contributed by atoms with Crippen LogP contribution in [0.2, 0.25) is 0 Å². The molecule has 0 heterocycles. The molecule has 3 nitrogen and oxygen atoms in total. The zero-order valence-corrected chi connectivity index (χ0v) is 12.6. The predicted octanol–water partition coefficient (Wildman–Crippen LogP) is 2.79. The molecule has 0 atom stereocenters. The highest BCUT2D eigenvalue weighted by Crippen LogP contribution is 2.35. The molecule has 1 saturated carbocycles. The van der Waals surface area contributed by atoms with Gasteiger partial charge in [-0.25, -0.2) is 0 Å². The van der Waals surface area contributed by atoms with Crippen molar-refractivity contribution < 1.29 is 4.74 Å². The number of hydrogen-bond donors (Lipinski definition) is 1. The van der Waals surface area contributed by atoms with E-state index in [-0.39, 0.29) is 5.54 Å². The highest BCUT2D eigenvalue weighted by Gasteiger charge is 2.38. The lowest BCUT2D eigenvalue weighted by Gasteiger charge is -2.49. The second kappa shape index (κ2) is 8.13. The molecule has 3 heteroatoms. The molecule has 0 unspecified atom stereocenters. The second-order valence-corrected chi connectivity index (χ2v) is 5.65. The maximum Gasteiger partial charge on any atom is 0.0590 e. The van der Waals surface area contributed by atoms with Crippen LogP contribution in [0.1, 0.15) is 58.8 Å². The van der Waals surface area contributed by atoms with Crippen LogP contribution in [0.25, 0.3) is 0 Å². The van der Waals surface area contributed by atoms with Crippen molar-refractivity contribution in [2.45, 2.75) is 70.4 Å². The van der Waals surface area contributed by atoms with Gasteiger partial charge in [0.25, 0.3) is 0 Å². The highest BCUT2D eigenvalue weighted by molar-refractivity contribution is 4.96. The maximum atomic E-state index is 6.18. The summed E-state index contributed by atoms with van der Waals surface area (Å²) in [5.41, 5.74) is 6.42. The van der Waals surface area contributed by atoms with Gasteiger partial charge in [0.05, 0.1) is 6.61 Å². The molecule has 1 rings (SSSR count). The van der Waals surface area contributed by atoms with Gasteiger partial charge in [-0.1, -0.05) is 33.1 Å². The first-order valence-corrected chi connectivity index (χ1v) is 7.69. The lowest BCUT2D eigenvalue weighted by molar-refractivity contribution is -0.00294. The minimum Gasteiger partial charge on any atom is -0.383 e. The average molecular weight is 256 g/mol. The third-order valence-corrected chi connectivity index (χ3v) is 4.69. The normalized spacial score (nSPS) is 19.7. The van der Waals surface area contributed by atoms with E-state index in [4.69, 9.17) is 10.5 Å². The fraction of sp³-hybridized carbons (Fsp3) is 1.00. The molecular weight excluding hydrogens is 224 g/mol. The van der Waals surface area contributed by atoms with Crippen LogP contribution < -0.4 is 5.73 Å². The standard InChI is InChI=1S/C15H32N2O/c1-4-14(5-2)17(11-12-18-3)15(13-16)9-7-6-8-10-15/h14H,4-13,16H2,1-3H3. The van der Waals surface area contributed by atoms with Crippen molar-refractivity contribution in [1.29, 1.82) is 0 Å². The minimum atomic E-state index is 0.244. The van der Waals surface area contributed by atoms with E-state index in [2.05, 4.69) is 18.7 Å². The summed E-state index contributed by atoms with van der Waals surface area (Å²) >= 11 is 0. The molecule has 0 radical (unpaired) electrons. The zero-order chi connectivity index (χ0) is 13.4. The fourth-order valence-electron chi connectivity index (χ4n) is 3.54. The van der Waals surface area contributed by atoms with Crippen molar-refractivity contribution in [3.8, 4) is 0 Å². The molecule has 2 N–H and O–H groups in total. The van der Waals surface area contributed by atoms with Crippen LogP contribution >= 0.6 is 0 Å². The molecule has 0 spiro atoms. The maximum absolute atomic E-state index is 6.18. The Kier molecular flexibility index (Phi) is 7.20. The number of nitrogens with zero attached hydrogens (tertiary/aromatic N) is 1. The number of methoxy groups -OCH3 is 1. The van der Waals surface area contributed by atoms with Gasteiger partial charge in [0, 0.05) is 31.8 Å². The summed E-state index contributed by atoms with van der Waals surface area (Å²) in [6, 6.07) is 0.654. The first-order chi connectivity index (χ1) is 8.74. The zero-order valence-electron chi connectivity index (χ0n) is 12.6. The molecule has 1 fully saturated rings. The van der Waals surface area contributed by atoms with Crippen LogP contribution in [0.5, 0.6) is 0 Å². The quantitative estimate of drug-likeness (QED) is 0.726. The smallest absolute Gasteiger partial charge is 0.0590 e. The first-order valence-electron chi connectivity index (χ1n) is 7.69. The predicted molar refractivity (Wildman–Crippen MR) is 77.8 cm³/mol. The van der Waals surface area contributed by atoms with Gasteiger partial charge in [-0.3, -0.25) is 4.90 Å². The van der Waals surface area contributed by atoms with Crippen molar-refractivity contribution >= 4 is 0 Å². The molecule has 1 aliphatic carbocycles. The Morgan fingerprint density at radius 3 is 2.22 bits per heavy atom.